The Morgan fingerprint density at radius 2 is 1.97 bits per heavy atom. The Morgan fingerprint density at radius 3 is 2.68 bits per heavy atom. The van der Waals surface area contributed by atoms with Gasteiger partial charge in [0, 0.05) is 21.2 Å². The molecule has 7 nitrogen and oxygen atoms in total. The second kappa shape index (κ2) is 9.40. The monoisotopic (exact) mass is 492 g/mol. The minimum absolute atomic E-state index is 0.230. The zero-order valence-electron chi connectivity index (χ0n) is 18.5. The van der Waals surface area contributed by atoms with E-state index in [0.29, 0.717) is 28.2 Å². The smallest absolute Gasteiger partial charge is 0.322 e. The van der Waals surface area contributed by atoms with Crippen molar-refractivity contribution >= 4 is 35.0 Å². The molecule has 2 aromatic heterocycles. The van der Waals surface area contributed by atoms with Gasteiger partial charge in [0.2, 0.25) is 5.82 Å². The Labute approximate surface area is 205 Å². The van der Waals surface area contributed by atoms with Gasteiger partial charge in [0.15, 0.2) is 0 Å². The molecule has 0 bridgehead atoms. The standard InChI is InChI=1S/C25H21ClN4O3S/c1-15-21(24-28-23(29-33-24)17-5-3-6-18(26)13-17)22(16-8-10-20(34-2)11-9-16)27-25(31)30(15)14-19-7-4-12-32-19/h3-13,22H,14H2,1-2H3,(H,27,31). The molecule has 0 fully saturated rings. The lowest BCUT2D eigenvalue weighted by Gasteiger charge is -2.34. The van der Waals surface area contributed by atoms with Crippen LogP contribution in [0.15, 0.2) is 86.5 Å². The molecular weight excluding hydrogens is 472 g/mol. The number of furan rings is 1. The fourth-order valence-corrected chi connectivity index (χ4v) is 4.53. The first-order chi connectivity index (χ1) is 16.5. The van der Waals surface area contributed by atoms with Gasteiger partial charge < -0.3 is 14.3 Å². The lowest BCUT2D eigenvalue weighted by atomic mass is 9.94. The minimum atomic E-state index is -0.455. The van der Waals surface area contributed by atoms with E-state index in [9.17, 15) is 4.79 Å². The Hall–Kier alpha value is -3.49. The molecule has 0 spiro atoms. The van der Waals surface area contributed by atoms with Gasteiger partial charge in [-0.1, -0.05) is 41.0 Å². The Kier molecular flexibility index (Phi) is 6.17. The molecule has 34 heavy (non-hydrogen) atoms. The number of nitrogens with one attached hydrogen (secondary N) is 1. The van der Waals surface area contributed by atoms with E-state index in [-0.39, 0.29) is 12.6 Å². The number of allylic oxidation sites excluding steroid dienone is 1. The number of urea groups is 1. The molecule has 2 amide bonds. The van der Waals surface area contributed by atoms with Crippen LogP contribution < -0.4 is 5.32 Å². The van der Waals surface area contributed by atoms with Gasteiger partial charge in [-0.2, -0.15) is 4.98 Å². The predicted molar refractivity (Wildman–Crippen MR) is 131 cm³/mol. The first-order valence-electron chi connectivity index (χ1n) is 10.6. The topological polar surface area (TPSA) is 84.4 Å². The fourth-order valence-electron chi connectivity index (χ4n) is 3.93. The van der Waals surface area contributed by atoms with Gasteiger partial charge in [-0.25, -0.2) is 4.79 Å². The van der Waals surface area contributed by atoms with Gasteiger partial charge >= 0.3 is 6.03 Å². The van der Waals surface area contributed by atoms with Crippen molar-refractivity contribution < 1.29 is 13.7 Å². The van der Waals surface area contributed by atoms with Gasteiger partial charge in [-0.3, -0.25) is 4.90 Å². The molecule has 0 saturated heterocycles. The van der Waals surface area contributed by atoms with Crippen molar-refractivity contribution in [3.8, 4) is 11.4 Å². The first kappa shape index (κ1) is 22.3. The van der Waals surface area contributed by atoms with Crippen LogP contribution in [0.5, 0.6) is 0 Å². The third kappa shape index (κ3) is 4.34. The summed E-state index contributed by atoms with van der Waals surface area (Å²) in [6.07, 6.45) is 3.61. The molecule has 0 radical (unpaired) electrons. The second-order valence-corrected chi connectivity index (χ2v) is 9.07. The zero-order chi connectivity index (χ0) is 23.7. The molecule has 4 aromatic rings. The molecule has 5 rings (SSSR count). The molecule has 3 heterocycles. The molecule has 1 atom stereocenters. The maximum Gasteiger partial charge on any atom is 0.322 e. The average molecular weight is 493 g/mol. The van der Waals surface area contributed by atoms with Crippen LogP contribution >= 0.6 is 23.4 Å². The van der Waals surface area contributed by atoms with Crippen LogP contribution in [-0.4, -0.2) is 27.3 Å². The number of halogens is 1. The lowest BCUT2D eigenvalue weighted by molar-refractivity contribution is 0.199. The lowest BCUT2D eigenvalue weighted by Crippen LogP contribution is -2.45. The van der Waals surface area contributed by atoms with Crippen molar-refractivity contribution in [2.75, 3.05) is 6.26 Å². The molecule has 1 N–H and O–H groups in total. The van der Waals surface area contributed by atoms with Crippen LogP contribution in [-0.2, 0) is 6.54 Å². The molecule has 2 aromatic carbocycles. The largest absolute Gasteiger partial charge is 0.467 e. The van der Waals surface area contributed by atoms with Crippen LogP contribution in [0.4, 0.5) is 4.79 Å². The minimum Gasteiger partial charge on any atom is -0.467 e. The van der Waals surface area contributed by atoms with Gasteiger partial charge in [0.25, 0.3) is 5.89 Å². The summed E-state index contributed by atoms with van der Waals surface area (Å²) in [4.78, 5) is 20.5. The number of nitrogens with zero attached hydrogens (tertiary/aromatic N) is 3. The number of amides is 2. The van der Waals surface area contributed by atoms with Crippen LogP contribution in [0.3, 0.4) is 0 Å². The van der Waals surface area contributed by atoms with Crippen molar-refractivity contribution in [2.24, 2.45) is 0 Å². The Bertz CT molecular complexity index is 1350. The van der Waals surface area contributed by atoms with E-state index in [1.807, 2.05) is 55.6 Å². The quantitative estimate of drug-likeness (QED) is 0.313. The summed E-state index contributed by atoms with van der Waals surface area (Å²) < 4.78 is 11.2. The van der Waals surface area contributed by atoms with Crippen molar-refractivity contribution in [2.45, 2.75) is 24.4 Å². The van der Waals surface area contributed by atoms with Gasteiger partial charge in [0.05, 0.1) is 24.4 Å². The van der Waals surface area contributed by atoms with Crippen LogP contribution in [0, 0.1) is 0 Å². The molecule has 0 saturated carbocycles. The second-order valence-electron chi connectivity index (χ2n) is 7.75. The summed E-state index contributed by atoms with van der Waals surface area (Å²) in [5.74, 6) is 1.42. The van der Waals surface area contributed by atoms with E-state index in [1.54, 1.807) is 41.1 Å². The average Bonchev–Trinajstić information content (AvgIpc) is 3.54. The number of benzene rings is 2. The van der Waals surface area contributed by atoms with Crippen LogP contribution in [0.2, 0.25) is 5.02 Å². The summed E-state index contributed by atoms with van der Waals surface area (Å²) >= 11 is 7.80. The van der Waals surface area contributed by atoms with E-state index in [1.165, 1.54) is 0 Å². The molecule has 1 unspecified atom stereocenters. The molecular formula is C25H21ClN4O3S. The first-order valence-corrected chi connectivity index (χ1v) is 12.2. The van der Waals surface area contributed by atoms with E-state index in [2.05, 4.69) is 15.5 Å². The number of hydrogen-bond donors (Lipinski definition) is 1. The van der Waals surface area contributed by atoms with Gasteiger partial charge in [-0.15, -0.1) is 11.8 Å². The van der Waals surface area contributed by atoms with Crippen molar-refractivity contribution in [1.82, 2.24) is 20.4 Å². The van der Waals surface area contributed by atoms with E-state index >= 15 is 0 Å². The highest BCUT2D eigenvalue weighted by Crippen LogP contribution is 2.38. The number of thioether (sulfide) groups is 1. The normalized spacial score (nSPS) is 16.1. The number of carbonyl (C=O) groups is 1. The number of aromatic nitrogens is 2. The highest BCUT2D eigenvalue weighted by Gasteiger charge is 2.36. The number of rotatable bonds is 6. The van der Waals surface area contributed by atoms with Gasteiger partial charge in [0.1, 0.15) is 5.76 Å². The summed E-state index contributed by atoms with van der Waals surface area (Å²) in [5.41, 5.74) is 3.10. The number of hydrogen-bond acceptors (Lipinski definition) is 6. The summed E-state index contributed by atoms with van der Waals surface area (Å²) in [6.45, 7) is 2.16. The van der Waals surface area contributed by atoms with Crippen LogP contribution in [0.25, 0.3) is 17.0 Å². The SMILES string of the molecule is CSc1ccc(C2NC(=O)N(Cc3ccco3)C(C)=C2c2nc(-c3cccc(Cl)c3)no2)cc1. The van der Waals surface area contributed by atoms with Crippen molar-refractivity contribution in [1.29, 1.82) is 0 Å². The maximum absolute atomic E-state index is 13.1. The highest BCUT2D eigenvalue weighted by molar-refractivity contribution is 7.98. The predicted octanol–water partition coefficient (Wildman–Crippen LogP) is 6.40. The highest BCUT2D eigenvalue weighted by atomic mass is 35.5. The molecule has 172 valence electrons. The summed E-state index contributed by atoms with van der Waals surface area (Å²) in [6, 6.07) is 18.3. The molecule has 1 aliphatic heterocycles. The zero-order valence-corrected chi connectivity index (χ0v) is 20.1. The van der Waals surface area contributed by atoms with Crippen molar-refractivity contribution in [3.63, 3.8) is 0 Å². The molecule has 0 aliphatic carbocycles. The van der Waals surface area contributed by atoms with E-state index < -0.39 is 6.04 Å². The fraction of sp³-hybridized carbons (Fsp3) is 0.160. The number of carbonyl (C=O) groups excluding carboxylic acids is 1. The van der Waals surface area contributed by atoms with Crippen LogP contribution in [0.1, 0.15) is 30.2 Å². The summed E-state index contributed by atoms with van der Waals surface area (Å²) in [5, 5.41) is 7.87. The molecule has 9 heteroatoms. The maximum atomic E-state index is 13.1. The summed E-state index contributed by atoms with van der Waals surface area (Å²) in [7, 11) is 0. The third-order valence-electron chi connectivity index (χ3n) is 5.68. The Morgan fingerprint density at radius 1 is 1.15 bits per heavy atom. The molecule has 1 aliphatic rings. The van der Waals surface area contributed by atoms with Crippen molar-refractivity contribution in [3.05, 3.63) is 94.9 Å². The third-order valence-corrected chi connectivity index (χ3v) is 6.66. The Balaban J connectivity index is 1.59. The van der Waals surface area contributed by atoms with E-state index in [0.717, 1.165) is 21.6 Å². The van der Waals surface area contributed by atoms with Gasteiger partial charge in [-0.05, 0) is 55.1 Å². The van der Waals surface area contributed by atoms with E-state index in [4.69, 9.17) is 20.5 Å².